The predicted octanol–water partition coefficient (Wildman–Crippen LogP) is 7.54. The summed E-state index contributed by atoms with van der Waals surface area (Å²) in [6.45, 7) is 4.55. The smallest absolute Gasteiger partial charge is 0.133 e. The monoisotopic (exact) mass is 408 g/mol. The minimum atomic E-state index is 0.181. The Morgan fingerprint density at radius 2 is 1.29 bits per heavy atom. The third-order valence-corrected chi connectivity index (χ3v) is 6.96. The van der Waals surface area contributed by atoms with Crippen LogP contribution < -0.4 is 4.90 Å². The number of hydrogen-bond donors (Lipinski definition) is 0. The largest absolute Gasteiger partial charge is 0.342 e. The fourth-order valence-electron chi connectivity index (χ4n) is 5.51. The normalized spacial score (nSPS) is 19.9. The number of nitrogens with zero attached hydrogens (tertiary/aromatic N) is 2. The van der Waals surface area contributed by atoms with Crippen molar-refractivity contribution in [2.24, 2.45) is 0 Å². The lowest BCUT2D eigenvalue weighted by atomic mass is 9.92. The minimum Gasteiger partial charge on any atom is -0.342 e. The zero-order valence-corrected chi connectivity index (χ0v) is 18.7. The summed E-state index contributed by atoms with van der Waals surface area (Å²) in [7, 11) is 0. The van der Waals surface area contributed by atoms with Crippen LogP contribution in [0.5, 0.6) is 0 Å². The summed E-state index contributed by atoms with van der Waals surface area (Å²) in [5.41, 5.74) is 8.05. The van der Waals surface area contributed by atoms with Crippen LogP contribution in [0.4, 0.5) is 5.69 Å². The van der Waals surface area contributed by atoms with Gasteiger partial charge in [-0.3, -0.25) is 0 Å². The summed E-state index contributed by atoms with van der Waals surface area (Å²) in [5, 5.41) is 0. The van der Waals surface area contributed by atoms with Crippen LogP contribution in [0, 0.1) is 6.92 Å². The summed E-state index contributed by atoms with van der Waals surface area (Å²) in [4.78, 5) is 5.34. The lowest BCUT2D eigenvalue weighted by molar-refractivity contribution is 0.190. The molecule has 0 aromatic heterocycles. The number of aryl methyl sites for hydroxylation is 1. The molecule has 0 N–H and O–H groups in total. The molecule has 2 aliphatic rings. The Kier molecular flexibility index (Phi) is 5.55. The summed E-state index contributed by atoms with van der Waals surface area (Å²) in [6, 6.07) is 31.5. The van der Waals surface area contributed by atoms with Gasteiger partial charge in [0.1, 0.15) is 6.17 Å². The number of allylic oxidation sites excluding steroid dienone is 1. The first-order valence-electron chi connectivity index (χ1n) is 11.7. The van der Waals surface area contributed by atoms with E-state index in [-0.39, 0.29) is 6.17 Å². The third kappa shape index (κ3) is 3.65. The van der Waals surface area contributed by atoms with E-state index in [1.165, 1.54) is 65.9 Å². The number of hydrogen-bond acceptors (Lipinski definition) is 2. The number of rotatable bonds is 4. The van der Waals surface area contributed by atoms with Gasteiger partial charge in [-0.1, -0.05) is 98.1 Å². The molecule has 0 amide bonds. The number of anilines is 1. The summed E-state index contributed by atoms with van der Waals surface area (Å²) < 4.78 is 0. The molecule has 2 nitrogen and oxygen atoms in total. The molecule has 1 fully saturated rings. The van der Waals surface area contributed by atoms with Crippen LogP contribution in [0.15, 0.2) is 90.6 Å². The molecule has 0 saturated heterocycles. The van der Waals surface area contributed by atoms with Crippen LogP contribution in [0.25, 0.3) is 5.70 Å². The molecular weight excluding hydrogens is 376 g/mol. The molecule has 3 aromatic rings. The highest BCUT2D eigenvalue weighted by molar-refractivity contribution is 5.77. The van der Waals surface area contributed by atoms with E-state index < -0.39 is 0 Å². The standard InChI is InChI=1S/C29H32N2/c1-22-14-12-13-21-27(22)30-23(2)28(24-15-6-3-7-16-24)31(26-19-10-5-11-20-26)29(30)25-17-8-4-9-18-25/h3-4,6-9,12-18,21,26,29H,5,10-11,19-20H2,1-2H3. The van der Waals surface area contributed by atoms with Crippen molar-refractivity contribution in [2.45, 2.75) is 58.2 Å². The molecule has 1 saturated carbocycles. The molecule has 3 aromatic carbocycles. The third-order valence-electron chi connectivity index (χ3n) is 6.96. The zero-order chi connectivity index (χ0) is 21.2. The highest BCUT2D eigenvalue weighted by Crippen LogP contribution is 2.49. The average molecular weight is 409 g/mol. The van der Waals surface area contributed by atoms with Crippen molar-refractivity contribution in [3.8, 4) is 0 Å². The summed E-state index contributed by atoms with van der Waals surface area (Å²) >= 11 is 0. The van der Waals surface area contributed by atoms with E-state index in [0.29, 0.717) is 6.04 Å². The molecular formula is C29H32N2. The van der Waals surface area contributed by atoms with E-state index in [9.17, 15) is 0 Å². The van der Waals surface area contributed by atoms with Crippen molar-refractivity contribution in [1.29, 1.82) is 0 Å². The minimum absolute atomic E-state index is 0.181. The Hall–Kier alpha value is -3.00. The second kappa shape index (κ2) is 8.63. The maximum atomic E-state index is 2.76. The van der Waals surface area contributed by atoms with Crippen LogP contribution >= 0.6 is 0 Å². The SMILES string of the molecule is CC1=C(c2ccccc2)N(C2CCCCC2)C(c2ccccc2)N1c1ccccc1C. The Morgan fingerprint density at radius 1 is 0.677 bits per heavy atom. The second-order valence-corrected chi connectivity index (χ2v) is 8.94. The van der Waals surface area contributed by atoms with Gasteiger partial charge in [-0.2, -0.15) is 0 Å². The molecule has 5 rings (SSSR count). The van der Waals surface area contributed by atoms with Crippen molar-refractivity contribution < 1.29 is 0 Å². The highest BCUT2D eigenvalue weighted by Gasteiger charge is 2.42. The average Bonchev–Trinajstić information content (AvgIpc) is 3.14. The van der Waals surface area contributed by atoms with Crippen molar-refractivity contribution in [3.05, 3.63) is 107 Å². The van der Waals surface area contributed by atoms with Gasteiger partial charge in [-0.15, -0.1) is 0 Å². The highest BCUT2D eigenvalue weighted by atomic mass is 15.4. The molecule has 1 aliphatic heterocycles. The van der Waals surface area contributed by atoms with E-state index in [1.807, 2.05) is 0 Å². The first-order chi connectivity index (χ1) is 15.3. The van der Waals surface area contributed by atoms with Gasteiger partial charge in [0.25, 0.3) is 0 Å². The summed E-state index contributed by atoms with van der Waals surface area (Å²) in [6.07, 6.45) is 6.75. The zero-order valence-electron chi connectivity index (χ0n) is 18.7. The van der Waals surface area contributed by atoms with Crippen LogP contribution in [0.1, 0.15) is 61.9 Å². The topological polar surface area (TPSA) is 6.48 Å². The van der Waals surface area contributed by atoms with E-state index in [0.717, 1.165) is 0 Å². The van der Waals surface area contributed by atoms with Gasteiger partial charge in [0.2, 0.25) is 0 Å². The van der Waals surface area contributed by atoms with Crippen molar-refractivity contribution in [2.75, 3.05) is 4.90 Å². The van der Waals surface area contributed by atoms with E-state index >= 15 is 0 Å². The fraction of sp³-hybridized carbons (Fsp3) is 0.310. The van der Waals surface area contributed by atoms with Gasteiger partial charge >= 0.3 is 0 Å². The van der Waals surface area contributed by atoms with E-state index in [1.54, 1.807) is 0 Å². The molecule has 1 heterocycles. The van der Waals surface area contributed by atoms with Crippen LogP contribution in [-0.4, -0.2) is 10.9 Å². The first kappa shape index (κ1) is 19.9. The second-order valence-electron chi connectivity index (χ2n) is 8.94. The van der Waals surface area contributed by atoms with Crippen molar-refractivity contribution in [3.63, 3.8) is 0 Å². The molecule has 2 heteroatoms. The molecule has 31 heavy (non-hydrogen) atoms. The lowest BCUT2D eigenvalue weighted by Crippen LogP contribution is -2.40. The van der Waals surface area contributed by atoms with Gasteiger partial charge in [0.15, 0.2) is 0 Å². The van der Waals surface area contributed by atoms with Crippen LogP contribution in [-0.2, 0) is 0 Å². The van der Waals surface area contributed by atoms with Crippen LogP contribution in [0.3, 0.4) is 0 Å². The van der Waals surface area contributed by atoms with Crippen molar-refractivity contribution in [1.82, 2.24) is 4.90 Å². The first-order valence-corrected chi connectivity index (χ1v) is 11.7. The Labute approximate surface area is 186 Å². The molecule has 1 aliphatic carbocycles. The van der Waals surface area contributed by atoms with Gasteiger partial charge in [0.05, 0.1) is 5.70 Å². The predicted molar refractivity (Wildman–Crippen MR) is 131 cm³/mol. The lowest BCUT2D eigenvalue weighted by Gasteiger charge is -2.42. The Morgan fingerprint density at radius 3 is 1.97 bits per heavy atom. The number of para-hydroxylation sites is 1. The van der Waals surface area contributed by atoms with Crippen molar-refractivity contribution >= 4 is 11.4 Å². The molecule has 0 spiro atoms. The molecule has 1 unspecified atom stereocenters. The van der Waals surface area contributed by atoms with Gasteiger partial charge in [-0.05, 0) is 49.4 Å². The maximum Gasteiger partial charge on any atom is 0.133 e. The summed E-state index contributed by atoms with van der Waals surface area (Å²) in [5.74, 6) is 0. The van der Waals surface area contributed by atoms with Gasteiger partial charge < -0.3 is 9.80 Å². The fourth-order valence-corrected chi connectivity index (χ4v) is 5.51. The Balaban J connectivity index is 1.73. The van der Waals surface area contributed by atoms with E-state index in [4.69, 9.17) is 0 Å². The van der Waals surface area contributed by atoms with Gasteiger partial charge in [-0.25, -0.2) is 0 Å². The van der Waals surface area contributed by atoms with Gasteiger partial charge in [0, 0.05) is 17.4 Å². The molecule has 158 valence electrons. The maximum absolute atomic E-state index is 2.76. The molecule has 0 radical (unpaired) electrons. The van der Waals surface area contributed by atoms with Crippen LogP contribution in [0.2, 0.25) is 0 Å². The number of benzene rings is 3. The van der Waals surface area contributed by atoms with E-state index in [2.05, 4.69) is 109 Å². The Bertz CT molecular complexity index is 1050. The quantitative estimate of drug-likeness (QED) is 0.440. The molecule has 1 atom stereocenters. The molecule has 0 bridgehead atoms.